The van der Waals surface area contributed by atoms with Crippen LogP contribution in [0.5, 0.6) is 0 Å². The molecule has 0 aliphatic rings. The first-order chi connectivity index (χ1) is 8.19. The number of carbonyl (C=O) groups excluding carboxylic acids is 2. The number of ketones is 1. The van der Waals surface area contributed by atoms with Crippen molar-refractivity contribution in [2.75, 3.05) is 5.32 Å². The van der Waals surface area contributed by atoms with Gasteiger partial charge in [0.05, 0.1) is 11.9 Å². The zero-order chi connectivity index (χ0) is 13.9. The molecule has 1 amide bonds. The number of amides is 1. The van der Waals surface area contributed by atoms with Crippen molar-refractivity contribution in [3.05, 3.63) is 23.0 Å². The zero-order valence-corrected chi connectivity index (χ0v) is 11.5. The molecule has 0 fully saturated rings. The molecule has 1 aromatic rings. The number of aromatic nitrogens is 1. The molecule has 0 aliphatic carbocycles. The summed E-state index contributed by atoms with van der Waals surface area (Å²) >= 11 is 5.70. The molecule has 0 saturated heterocycles. The standard InChI is InChI=1S/C12H15ClN2O3/c1-7(16)8-5-10(13)14-6-9(8)15-11(17)18-12(2,3)4/h5-6H,1-4H3,(H,15,17). The van der Waals surface area contributed by atoms with E-state index in [4.69, 9.17) is 16.3 Å². The van der Waals surface area contributed by atoms with Crippen molar-refractivity contribution >= 4 is 29.2 Å². The van der Waals surface area contributed by atoms with Gasteiger partial charge in [0.15, 0.2) is 5.78 Å². The van der Waals surface area contributed by atoms with E-state index in [1.807, 2.05) is 0 Å². The molecule has 5 nitrogen and oxygen atoms in total. The number of nitrogens with one attached hydrogen (secondary N) is 1. The second kappa shape index (κ2) is 5.35. The Morgan fingerprint density at radius 2 is 2.00 bits per heavy atom. The molecular weight excluding hydrogens is 256 g/mol. The fourth-order valence-electron chi connectivity index (χ4n) is 1.23. The largest absolute Gasteiger partial charge is 0.444 e. The molecule has 0 unspecified atom stereocenters. The number of hydrogen-bond acceptors (Lipinski definition) is 4. The van der Waals surface area contributed by atoms with Gasteiger partial charge in [0.25, 0.3) is 0 Å². The summed E-state index contributed by atoms with van der Waals surface area (Å²) in [5, 5.41) is 2.66. The summed E-state index contributed by atoms with van der Waals surface area (Å²) < 4.78 is 5.08. The fourth-order valence-corrected chi connectivity index (χ4v) is 1.39. The van der Waals surface area contributed by atoms with Crippen LogP contribution in [0.4, 0.5) is 10.5 Å². The lowest BCUT2D eigenvalue weighted by Crippen LogP contribution is -2.27. The molecule has 98 valence electrons. The Morgan fingerprint density at radius 3 is 2.50 bits per heavy atom. The molecule has 0 atom stereocenters. The minimum Gasteiger partial charge on any atom is -0.444 e. The first-order valence-electron chi connectivity index (χ1n) is 5.35. The first-order valence-corrected chi connectivity index (χ1v) is 5.73. The van der Waals surface area contributed by atoms with E-state index in [1.54, 1.807) is 20.8 Å². The number of halogens is 1. The molecule has 1 N–H and O–H groups in total. The molecule has 0 saturated carbocycles. The third-order valence-electron chi connectivity index (χ3n) is 1.89. The number of Topliss-reactive ketones (excluding diaryl/α,β-unsaturated/α-hetero) is 1. The number of ether oxygens (including phenoxy) is 1. The topological polar surface area (TPSA) is 68.3 Å². The highest BCUT2D eigenvalue weighted by molar-refractivity contribution is 6.30. The number of rotatable bonds is 2. The molecule has 1 heterocycles. The van der Waals surface area contributed by atoms with Gasteiger partial charge in [0.2, 0.25) is 0 Å². The molecule has 0 aliphatic heterocycles. The van der Waals surface area contributed by atoms with Crippen LogP contribution in [-0.2, 0) is 4.74 Å². The van der Waals surface area contributed by atoms with Crippen LogP contribution in [0.15, 0.2) is 12.3 Å². The number of hydrogen-bond donors (Lipinski definition) is 1. The number of anilines is 1. The molecule has 6 heteroatoms. The zero-order valence-electron chi connectivity index (χ0n) is 10.7. The van der Waals surface area contributed by atoms with E-state index in [1.165, 1.54) is 19.2 Å². The Bertz CT molecular complexity index is 481. The van der Waals surface area contributed by atoms with Crippen molar-refractivity contribution in [1.29, 1.82) is 0 Å². The minimum absolute atomic E-state index is 0.190. The third-order valence-corrected chi connectivity index (χ3v) is 2.09. The Hall–Kier alpha value is -1.62. The van der Waals surface area contributed by atoms with E-state index in [0.29, 0.717) is 5.56 Å². The van der Waals surface area contributed by atoms with Crippen molar-refractivity contribution in [1.82, 2.24) is 4.98 Å². The maximum Gasteiger partial charge on any atom is 0.412 e. The first kappa shape index (κ1) is 14.4. The molecule has 0 aromatic carbocycles. The van der Waals surface area contributed by atoms with Gasteiger partial charge < -0.3 is 4.74 Å². The van der Waals surface area contributed by atoms with Gasteiger partial charge in [0, 0.05) is 5.56 Å². The van der Waals surface area contributed by atoms with E-state index in [2.05, 4.69) is 10.3 Å². The van der Waals surface area contributed by atoms with Crippen molar-refractivity contribution in [3.8, 4) is 0 Å². The number of pyridine rings is 1. The Morgan fingerprint density at radius 1 is 1.39 bits per heavy atom. The van der Waals surface area contributed by atoms with Gasteiger partial charge in [-0.05, 0) is 33.8 Å². The van der Waals surface area contributed by atoms with Crippen LogP contribution in [0, 0.1) is 0 Å². The average molecular weight is 271 g/mol. The smallest absolute Gasteiger partial charge is 0.412 e. The lowest BCUT2D eigenvalue weighted by Gasteiger charge is -2.20. The predicted octanol–water partition coefficient (Wildman–Crippen LogP) is 3.28. The van der Waals surface area contributed by atoms with Crippen molar-refractivity contribution in [2.45, 2.75) is 33.3 Å². The lowest BCUT2D eigenvalue weighted by molar-refractivity contribution is 0.0636. The van der Waals surface area contributed by atoms with Crippen LogP contribution in [0.1, 0.15) is 38.1 Å². The minimum atomic E-state index is -0.644. The SMILES string of the molecule is CC(=O)c1cc(Cl)ncc1NC(=O)OC(C)(C)C. The Labute approximate surface area is 110 Å². The maximum atomic E-state index is 11.6. The van der Waals surface area contributed by atoms with Crippen LogP contribution in [-0.4, -0.2) is 22.5 Å². The molecule has 18 heavy (non-hydrogen) atoms. The Kier molecular flexibility index (Phi) is 4.29. The van der Waals surface area contributed by atoms with E-state index in [0.717, 1.165) is 0 Å². The number of nitrogens with zero attached hydrogens (tertiary/aromatic N) is 1. The summed E-state index contributed by atoms with van der Waals surface area (Å²) in [7, 11) is 0. The van der Waals surface area contributed by atoms with Gasteiger partial charge in [0.1, 0.15) is 10.8 Å². The molecule has 1 rings (SSSR count). The molecular formula is C12H15ClN2O3. The monoisotopic (exact) mass is 270 g/mol. The van der Waals surface area contributed by atoms with Gasteiger partial charge >= 0.3 is 6.09 Å². The fraction of sp³-hybridized carbons (Fsp3) is 0.417. The van der Waals surface area contributed by atoms with Gasteiger partial charge in [-0.3, -0.25) is 10.1 Å². The average Bonchev–Trinajstić information content (AvgIpc) is 2.17. The summed E-state index contributed by atoms with van der Waals surface area (Å²) in [5.74, 6) is -0.217. The van der Waals surface area contributed by atoms with Crippen LogP contribution < -0.4 is 5.32 Å². The van der Waals surface area contributed by atoms with E-state index in [-0.39, 0.29) is 16.6 Å². The summed E-state index contributed by atoms with van der Waals surface area (Å²) in [4.78, 5) is 26.8. The number of carbonyl (C=O) groups is 2. The van der Waals surface area contributed by atoms with Crippen LogP contribution in [0.3, 0.4) is 0 Å². The van der Waals surface area contributed by atoms with Crippen LogP contribution in [0.25, 0.3) is 0 Å². The maximum absolute atomic E-state index is 11.6. The van der Waals surface area contributed by atoms with Crippen LogP contribution >= 0.6 is 11.6 Å². The van der Waals surface area contributed by atoms with E-state index in [9.17, 15) is 9.59 Å². The summed E-state index contributed by atoms with van der Waals surface area (Å²) in [6.07, 6.45) is 0.678. The van der Waals surface area contributed by atoms with Gasteiger partial charge in [-0.2, -0.15) is 0 Å². The van der Waals surface area contributed by atoms with Gasteiger partial charge in [-0.15, -0.1) is 0 Å². The lowest BCUT2D eigenvalue weighted by atomic mass is 10.1. The van der Waals surface area contributed by atoms with Crippen molar-refractivity contribution < 1.29 is 14.3 Å². The molecule has 0 bridgehead atoms. The van der Waals surface area contributed by atoms with E-state index >= 15 is 0 Å². The van der Waals surface area contributed by atoms with Crippen molar-refractivity contribution in [3.63, 3.8) is 0 Å². The quantitative estimate of drug-likeness (QED) is 0.661. The highest BCUT2D eigenvalue weighted by Crippen LogP contribution is 2.19. The normalized spacial score (nSPS) is 10.9. The third kappa shape index (κ3) is 4.33. The second-order valence-corrected chi connectivity index (χ2v) is 5.12. The highest BCUT2D eigenvalue weighted by atomic mass is 35.5. The van der Waals surface area contributed by atoms with E-state index < -0.39 is 11.7 Å². The van der Waals surface area contributed by atoms with Crippen LogP contribution in [0.2, 0.25) is 5.15 Å². The second-order valence-electron chi connectivity index (χ2n) is 4.74. The summed E-state index contributed by atoms with van der Waals surface area (Å²) in [6.45, 7) is 6.63. The highest BCUT2D eigenvalue weighted by Gasteiger charge is 2.18. The van der Waals surface area contributed by atoms with Gasteiger partial charge in [-0.25, -0.2) is 9.78 Å². The molecule has 1 aromatic heterocycles. The summed E-state index contributed by atoms with van der Waals surface area (Å²) in [5.41, 5.74) is -0.0395. The van der Waals surface area contributed by atoms with Gasteiger partial charge in [-0.1, -0.05) is 11.6 Å². The molecule has 0 spiro atoms. The van der Waals surface area contributed by atoms with Crippen molar-refractivity contribution in [2.24, 2.45) is 0 Å². The Balaban J connectivity index is 2.91. The predicted molar refractivity (Wildman–Crippen MR) is 69.1 cm³/mol. The molecule has 0 radical (unpaired) electrons. The summed E-state index contributed by atoms with van der Waals surface area (Å²) in [6, 6.07) is 1.40.